The number of para-hydroxylation sites is 4. The first kappa shape index (κ1) is 56.3. The molecule has 0 radical (unpaired) electrons. The van der Waals surface area contributed by atoms with Crippen molar-refractivity contribution in [3.8, 4) is 0 Å². The summed E-state index contributed by atoms with van der Waals surface area (Å²) < 4.78 is 2.47. The molecule has 1 unspecified atom stereocenters. The van der Waals surface area contributed by atoms with Gasteiger partial charge in [-0.1, -0.05) is 238 Å². The van der Waals surface area contributed by atoms with Gasteiger partial charge in [-0.3, -0.25) is 15.0 Å². The van der Waals surface area contributed by atoms with Crippen LogP contribution in [0.25, 0.3) is 5.57 Å². The van der Waals surface area contributed by atoms with Crippen molar-refractivity contribution in [3.05, 3.63) is 195 Å². The molecule has 0 aliphatic heterocycles. The van der Waals surface area contributed by atoms with Crippen LogP contribution in [0.2, 0.25) is 0 Å². The number of nitrogens with zero attached hydrogens (tertiary/aromatic N) is 4. The number of benzene rings is 6. The second-order valence-corrected chi connectivity index (χ2v) is 24.1. The van der Waals surface area contributed by atoms with Crippen LogP contribution in [-0.4, -0.2) is 18.6 Å². The third kappa shape index (κ3) is 12.9. The van der Waals surface area contributed by atoms with Gasteiger partial charge in [0.15, 0.2) is 0 Å². The normalized spacial score (nSPS) is 13.8. The van der Waals surface area contributed by atoms with Crippen LogP contribution in [0.3, 0.4) is 0 Å². The van der Waals surface area contributed by atoms with Crippen molar-refractivity contribution in [2.45, 2.75) is 164 Å². The zero-order valence-corrected chi connectivity index (χ0v) is 49.4. The largest absolute Gasteiger partial charge is 0.319 e. The first-order valence-electron chi connectivity index (χ1n) is 26.5. The highest BCUT2D eigenvalue weighted by atomic mass is 127. The van der Waals surface area contributed by atoms with Gasteiger partial charge in [0.05, 0.1) is 28.2 Å². The Morgan fingerprint density at radius 2 is 0.722 bits per heavy atom. The Hall–Kier alpha value is -4.97. The summed E-state index contributed by atoms with van der Waals surface area (Å²) in [6.07, 6.45) is 9.30. The summed E-state index contributed by atoms with van der Waals surface area (Å²) in [5, 5.41) is 0. The van der Waals surface area contributed by atoms with E-state index >= 15 is 0 Å². The maximum absolute atomic E-state index is 5.64. The van der Waals surface area contributed by atoms with Crippen molar-refractivity contribution >= 4 is 75.4 Å². The van der Waals surface area contributed by atoms with Crippen molar-refractivity contribution in [3.63, 3.8) is 0 Å². The molecule has 0 aliphatic carbocycles. The third-order valence-corrected chi connectivity index (χ3v) is 16.1. The summed E-state index contributed by atoms with van der Waals surface area (Å²) >= 11 is 2.56. The Morgan fingerprint density at radius 3 is 1.06 bits per heavy atom. The lowest BCUT2D eigenvalue weighted by Crippen LogP contribution is -2.31. The van der Waals surface area contributed by atoms with Crippen LogP contribution >= 0.6 is 28.4 Å². The summed E-state index contributed by atoms with van der Waals surface area (Å²) in [6.45, 7) is 36.4. The molecule has 72 heavy (non-hydrogen) atoms. The number of hydrogen-bond acceptors (Lipinski definition) is 4. The van der Waals surface area contributed by atoms with Gasteiger partial charge in [0.2, 0.25) is 0 Å². The van der Waals surface area contributed by atoms with E-state index in [1.165, 1.54) is 50.2 Å². The van der Waals surface area contributed by atoms with E-state index in [4.69, 9.17) is 15.0 Å². The van der Waals surface area contributed by atoms with E-state index in [1.54, 1.807) is 0 Å². The lowest BCUT2D eigenvalue weighted by atomic mass is 9.75. The Labute approximate surface area is 450 Å². The third-order valence-electron chi connectivity index (χ3n) is 14.0. The van der Waals surface area contributed by atoms with Crippen LogP contribution < -0.4 is 4.67 Å². The molecule has 6 heteroatoms. The molecule has 0 bridgehead atoms. The zero-order chi connectivity index (χ0) is 52.4. The Morgan fingerprint density at radius 1 is 0.403 bits per heavy atom. The maximum Gasteiger partial charge on any atom is 0.0907 e. The molecule has 0 fully saturated rings. The Balaban J connectivity index is 1.68. The molecule has 0 aliphatic rings. The monoisotopic (exact) mass is 1090 g/mol. The fraction of sp³-hybridized carbons (Fsp3) is 0.379. The van der Waals surface area contributed by atoms with Gasteiger partial charge in [0.1, 0.15) is 0 Å². The summed E-state index contributed by atoms with van der Waals surface area (Å²) in [7, 11) is 0. The quantitative estimate of drug-likeness (QED) is 0.0427. The van der Waals surface area contributed by atoms with E-state index in [0.717, 1.165) is 39.3 Å². The second kappa shape index (κ2) is 25.3. The molecule has 6 aromatic carbocycles. The zero-order valence-electron chi connectivity index (χ0n) is 46.2. The smallest absolute Gasteiger partial charge is 0.0907 e. The number of hydrogen-bond donors (Lipinski definition) is 0. The molecule has 1 atom stereocenters. The van der Waals surface area contributed by atoms with Crippen LogP contribution in [0.1, 0.15) is 219 Å². The molecular formula is C66H82IN4P. The van der Waals surface area contributed by atoms with E-state index in [2.05, 4.69) is 290 Å². The topological polar surface area (TPSA) is 40.3 Å². The molecule has 0 saturated carbocycles. The average Bonchev–Trinajstić information content (AvgIpc) is 3.36. The van der Waals surface area contributed by atoms with E-state index in [-0.39, 0.29) is 0 Å². The van der Waals surface area contributed by atoms with Gasteiger partial charge in [-0.15, -0.1) is 0 Å². The van der Waals surface area contributed by atoms with E-state index in [0.29, 0.717) is 53.7 Å². The van der Waals surface area contributed by atoms with Crippen LogP contribution in [0.15, 0.2) is 149 Å². The van der Waals surface area contributed by atoms with E-state index in [1.807, 2.05) is 0 Å². The van der Waals surface area contributed by atoms with Crippen LogP contribution in [-0.2, 0) is 5.41 Å². The highest BCUT2D eigenvalue weighted by Crippen LogP contribution is 2.45. The predicted octanol–water partition coefficient (Wildman–Crippen LogP) is 21.0. The minimum Gasteiger partial charge on any atom is -0.319 e. The number of aliphatic imine (C=N–C) groups is 3. The SMILES string of the molecule is CC(C)c1cccc(C(C)C)c1N=C/C(=C/N(PI)c1c(C(C)C)cccc1C(C)C)c1ccc(C(C=Nc2c(C(C)C)cccc2C(C)C)(C=Nc2c(C(C)C)cccc2C(C)C)c2ccccc2)cc1. The first-order valence-corrected chi connectivity index (χ1v) is 30.6. The lowest BCUT2D eigenvalue weighted by Gasteiger charge is -2.29. The predicted molar refractivity (Wildman–Crippen MR) is 329 cm³/mol. The molecular weight excluding hydrogens is 1010 g/mol. The van der Waals surface area contributed by atoms with Crippen molar-refractivity contribution < 1.29 is 0 Å². The Bertz CT molecular complexity index is 2680. The van der Waals surface area contributed by atoms with Crippen LogP contribution in [0.5, 0.6) is 0 Å². The summed E-state index contributed by atoms with van der Waals surface area (Å²) in [6, 6.07) is 46.9. The molecule has 0 N–H and O–H groups in total. The number of allylic oxidation sites excluding steroid dienone is 1. The average molecular weight is 1090 g/mol. The molecule has 6 aromatic rings. The van der Waals surface area contributed by atoms with Crippen LogP contribution in [0, 0.1) is 0 Å². The van der Waals surface area contributed by atoms with Crippen LogP contribution in [0.4, 0.5) is 22.7 Å². The van der Waals surface area contributed by atoms with E-state index in [9.17, 15) is 0 Å². The van der Waals surface area contributed by atoms with Gasteiger partial charge in [-0.2, -0.15) is 0 Å². The molecule has 0 saturated heterocycles. The highest BCUT2D eigenvalue weighted by molar-refractivity contribution is 14.2. The minimum atomic E-state index is -0.852. The van der Waals surface area contributed by atoms with Gasteiger partial charge < -0.3 is 4.67 Å². The molecule has 6 rings (SSSR count). The standard InChI is InChI=1S/C66H82IN4P/c1-42(2)54-26-20-27-55(43(3)4)62(54)68-38-51(39-71(72-67)65-60(48(13)14)32-23-33-61(65)49(15)16)50-34-36-53(37-35-50)66(52-24-18-17-19-25-52,40-69-63-56(44(5)6)28-21-29-57(63)45(7)8)41-70-64-58(46(9)10)30-22-31-59(64)47(11)12/h17-49,72H,1-16H3/b51-39-,68-38?,69-40?,70-41?. The highest BCUT2D eigenvalue weighted by Gasteiger charge is 2.33. The van der Waals surface area contributed by atoms with Gasteiger partial charge in [0, 0.05) is 36.8 Å². The second-order valence-electron chi connectivity index (χ2n) is 22.0. The van der Waals surface area contributed by atoms with E-state index < -0.39 is 5.41 Å². The molecule has 0 heterocycles. The minimum absolute atomic E-state index is 0.296. The number of halogens is 1. The first-order chi connectivity index (χ1) is 34.3. The van der Waals surface area contributed by atoms with Crippen molar-refractivity contribution in [2.24, 2.45) is 15.0 Å². The van der Waals surface area contributed by atoms with Gasteiger partial charge in [0.25, 0.3) is 0 Å². The van der Waals surface area contributed by atoms with Gasteiger partial charge >= 0.3 is 0 Å². The number of anilines is 1. The molecule has 0 amide bonds. The Kier molecular flexibility index (Phi) is 19.8. The molecule has 378 valence electrons. The summed E-state index contributed by atoms with van der Waals surface area (Å²) in [4.78, 5) is 16.8. The van der Waals surface area contributed by atoms with Gasteiger partial charge in [-0.25, -0.2) is 0 Å². The van der Waals surface area contributed by atoms with Crippen molar-refractivity contribution in [2.75, 3.05) is 4.67 Å². The molecule has 0 spiro atoms. The summed E-state index contributed by atoms with van der Waals surface area (Å²) in [5.41, 5.74) is 18.1. The number of rotatable bonds is 20. The fourth-order valence-electron chi connectivity index (χ4n) is 9.84. The summed E-state index contributed by atoms with van der Waals surface area (Å²) in [5.74, 6) is 2.54. The van der Waals surface area contributed by atoms with Crippen molar-refractivity contribution in [1.29, 1.82) is 0 Å². The molecule has 0 aromatic heterocycles. The van der Waals surface area contributed by atoms with Crippen molar-refractivity contribution in [1.82, 2.24) is 0 Å². The maximum atomic E-state index is 5.64. The van der Waals surface area contributed by atoms with Gasteiger partial charge in [-0.05, 0) is 131 Å². The lowest BCUT2D eigenvalue weighted by molar-refractivity contribution is 0.832. The molecule has 4 nitrogen and oxygen atoms in total. The fourth-order valence-corrected chi connectivity index (χ4v) is 11.5.